The molecule has 3 rings (SSSR count). The van der Waals surface area contributed by atoms with E-state index in [4.69, 9.17) is 0 Å². The first-order valence-corrected chi connectivity index (χ1v) is 7.11. The molecule has 0 amide bonds. The molecule has 1 fully saturated rings. The van der Waals surface area contributed by atoms with E-state index in [-0.39, 0.29) is 5.82 Å². The van der Waals surface area contributed by atoms with Crippen molar-refractivity contribution in [3.63, 3.8) is 0 Å². The van der Waals surface area contributed by atoms with E-state index in [1.54, 1.807) is 18.5 Å². The van der Waals surface area contributed by atoms with E-state index in [1.165, 1.54) is 25.3 Å². The normalized spacial score (nSPS) is 15.3. The van der Waals surface area contributed by atoms with Crippen molar-refractivity contribution >= 4 is 5.82 Å². The largest absolute Gasteiger partial charge is 0.356 e. The lowest BCUT2D eigenvalue weighted by Crippen LogP contribution is -2.31. The molecule has 0 radical (unpaired) electrons. The molecule has 1 aliphatic rings. The van der Waals surface area contributed by atoms with Crippen LogP contribution in [0.25, 0.3) is 0 Å². The van der Waals surface area contributed by atoms with Gasteiger partial charge in [-0.2, -0.15) is 0 Å². The van der Waals surface area contributed by atoms with Gasteiger partial charge in [0, 0.05) is 31.3 Å². The van der Waals surface area contributed by atoms with Crippen molar-refractivity contribution in [2.75, 3.05) is 18.0 Å². The molecular formula is C16H18FN3. The second-order valence-electron chi connectivity index (χ2n) is 5.23. The average Bonchev–Trinajstić information content (AvgIpc) is 2.49. The van der Waals surface area contributed by atoms with Gasteiger partial charge in [0.25, 0.3) is 0 Å². The second kappa shape index (κ2) is 5.99. The van der Waals surface area contributed by atoms with Crippen molar-refractivity contribution in [2.24, 2.45) is 0 Å². The molecule has 1 aromatic carbocycles. The van der Waals surface area contributed by atoms with Gasteiger partial charge in [-0.25, -0.2) is 14.4 Å². The quantitative estimate of drug-likeness (QED) is 0.858. The molecule has 0 bridgehead atoms. The summed E-state index contributed by atoms with van der Waals surface area (Å²) in [5, 5.41) is 0. The Bertz CT molecular complexity index is 579. The van der Waals surface area contributed by atoms with Crippen molar-refractivity contribution < 1.29 is 4.39 Å². The van der Waals surface area contributed by atoms with Gasteiger partial charge < -0.3 is 4.90 Å². The molecule has 1 aliphatic heterocycles. The Morgan fingerprint density at radius 1 is 1.15 bits per heavy atom. The SMILES string of the molecule is Fc1cccc(Cc2cncnc2N2CCCCC2)c1. The number of benzene rings is 1. The van der Waals surface area contributed by atoms with Gasteiger partial charge in [0.15, 0.2) is 0 Å². The van der Waals surface area contributed by atoms with Gasteiger partial charge in [0.05, 0.1) is 0 Å². The Balaban J connectivity index is 1.85. The molecule has 2 heterocycles. The summed E-state index contributed by atoms with van der Waals surface area (Å²) in [7, 11) is 0. The molecule has 0 aliphatic carbocycles. The molecule has 2 aromatic rings. The fourth-order valence-electron chi connectivity index (χ4n) is 2.73. The van der Waals surface area contributed by atoms with Crippen LogP contribution in [-0.4, -0.2) is 23.1 Å². The Morgan fingerprint density at radius 2 is 2.00 bits per heavy atom. The summed E-state index contributed by atoms with van der Waals surface area (Å²) in [6.07, 6.45) is 7.83. The number of hydrogen-bond acceptors (Lipinski definition) is 3. The maximum Gasteiger partial charge on any atom is 0.135 e. The van der Waals surface area contributed by atoms with Crippen LogP contribution in [0.15, 0.2) is 36.8 Å². The fourth-order valence-corrected chi connectivity index (χ4v) is 2.73. The molecule has 0 saturated carbocycles. The van der Waals surface area contributed by atoms with Gasteiger partial charge in [0.2, 0.25) is 0 Å². The number of rotatable bonds is 3. The zero-order valence-electron chi connectivity index (χ0n) is 11.4. The summed E-state index contributed by atoms with van der Waals surface area (Å²) < 4.78 is 13.3. The molecule has 1 saturated heterocycles. The first-order valence-electron chi connectivity index (χ1n) is 7.11. The monoisotopic (exact) mass is 271 g/mol. The lowest BCUT2D eigenvalue weighted by molar-refractivity contribution is 0.571. The van der Waals surface area contributed by atoms with E-state index in [0.717, 1.165) is 30.0 Å². The minimum absolute atomic E-state index is 0.195. The standard InChI is InChI=1S/C16H18FN3/c17-15-6-4-5-13(10-15)9-14-11-18-12-19-16(14)20-7-2-1-3-8-20/h4-6,10-12H,1-3,7-9H2. The van der Waals surface area contributed by atoms with Crippen LogP contribution in [0.1, 0.15) is 30.4 Å². The molecule has 0 N–H and O–H groups in total. The van der Waals surface area contributed by atoms with Crippen LogP contribution in [-0.2, 0) is 6.42 Å². The molecule has 104 valence electrons. The maximum absolute atomic E-state index is 13.3. The molecule has 3 nitrogen and oxygen atoms in total. The van der Waals surface area contributed by atoms with Gasteiger partial charge in [0.1, 0.15) is 18.0 Å². The minimum atomic E-state index is -0.195. The molecule has 4 heteroatoms. The van der Waals surface area contributed by atoms with Gasteiger partial charge >= 0.3 is 0 Å². The Hall–Kier alpha value is -1.97. The van der Waals surface area contributed by atoms with E-state index in [9.17, 15) is 4.39 Å². The summed E-state index contributed by atoms with van der Waals surface area (Å²) in [5.41, 5.74) is 2.03. The summed E-state index contributed by atoms with van der Waals surface area (Å²) in [4.78, 5) is 10.9. The summed E-state index contributed by atoms with van der Waals surface area (Å²) in [6, 6.07) is 6.73. The fraction of sp³-hybridized carbons (Fsp3) is 0.375. The van der Waals surface area contributed by atoms with E-state index in [0.29, 0.717) is 6.42 Å². The number of anilines is 1. The van der Waals surface area contributed by atoms with Crippen LogP contribution in [0.5, 0.6) is 0 Å². The first-order chi connectivity index (χ1) is 9.83. The Morgan fingerprint density at radius 3 is 2.80 bits per heavy atom. The third-order valence-electron chi connectivity index (χ3n) is 3.70. The van der Waals surface area contributed by atoms with Crippen molar-refractivity contribution in [1.29, 1.82) is 0 Å². The van der Waals surface area contributed by atoms with Crippen molar-refractivity contribution in [1.82, 2.24) is 9.97 Å². The third-order valence-corrected chi connectivity index (χ3v) is 3.70. The van der Waals surface area contributed by atoms with Crippen LogP contribution in [0.3, 0.4) is 0 Å². The topological polar surface area (TPSA) is 29.0 Å². The Labute approximate surface area is 118 Å². The maximum atomic E-state index is 13.3. The highest BCUT2D eigenvalue weighted by Crippen LogP contribution is 2.23. The van der Waals surface area contributed by atoms with Crippen LogP contribution >= 0.6 is 0 Å². The highest BCUT2D eigenvalue weighted by molar-refractivity contribution is 5.47. The van der Waals surface area contributed by atoms with E-state index in [1.807, 2.05) is 12.3 Å². The number of halogens is 1. The molecule has 20 heavy (non-hydrogen) atoms. The predicted molar refractivity (Wildman–Crippen MR) is 77.3 cm³/mol. The van der Waals surface area contributed by atoms with Gasteiger partial charge in [-0.3, -0.25) is 0 Å². The number of nitrogens with zero attached hydrogens (tertiary/aromatic N) is 3. The zero-order valence-corrected chi connectivity index (χ0v) is 11.4. The van der Waals surface area contributed by atoms with Gasteiger partial charge in [-0.1, -0.05) is 12.1 Å². The summed E-state index contributed by atoms with van der Waals surface area (Å²) >= 11 is 0. The zero-order chi connectivity index (χ0) is 13.8. The minimum Gasteiger partial charge on any atom is -0.356 e. The highest BCUT2D eigenvalue weighted by Gasteiger charge is 2.16. The van der Waals surface area contributed by atoms with Crippen LogP contribution < -0.4 is 4.90 Å². The first kappa shape index (κ1) is 13.0. The third kappa shape index (κ3) is 2.95. The Kier molecular flexibility index (Phi) is 3.90. The van der Waals surface area contributed by atoms with Crippen molar-refractivity contribution in [3.8, 4) is 0 Å². The molecule has 1 aromatic heterocycles. The summed E-state index contributed by atoms with van der Waals surface area (Å²) in [5.74, 6) is 0.808. The van der Waals surface area contributed by atoms with Crippen LogP contribution in [0, 0.1) is 5.82 Å². The smallest absolute Gasteiger partial charge is 0.135 e. The number of piperidine rings is 1. The molecular weight excluding hydrogens is 253 g/mol. The second-order valence-corrected chi connectivity index (χ2v) is 5.23. The van der Waals surface area contributed by atoms with Gasteiger partial charge in [-0.05, 0) is 37.0 Å². The molecule has 0 spiro atoms. The van der Waals surface area contributed by atoms with Gasteiger partial charge in [-0.15, -0.1) is 0 Å². The van der Waals surface area contributed by atoms with E-state index < -0.39 is 0 Å². The summed E-state index contributed by atoms with van der Waals surface area (Å²) in [6.45, 7) is 2.10. The highest BCUT2D eigenvalue weighted by atomic mass is 19.1. The predicted octanol–water partition coefficient (Wildman–Crippen LogP) is 3.20. The number of hydrogen-bond donors (Lipinski definition) is 0. The van der Waals surface area contributed by atoms with E-state index >= 15 is 0 Å². The van der Waals surface area contributed by atoms with Crippen LogP contribution in [0.2, 0.25) is 0 Å². The van der Waals surface area contributed by atoms with Crippen LogP contribution in [0.4, 0.5) is 10.2 Å². The number of aromatic nitrogens is 2. The van der Waals surface area contributed by atoms with E-state index in [2.05, 4.69) is 14.9 Å². The lowest BCUT2D eigenvalue weighted by Gasteiger charge is -2.29. The average molecular weight is 271 g/mol. The molecule has 0 unspecified atom stereocenters. The molecule has 0 atom stereocenters. The van der Waals surface area contributed by atoms with Crippen molar-refractivity contribution in [2.45, 2.75) is 25.7 Å². The van der Waals surface area contributed by atoms with Crippen molar-refractivity contribution in [3.05, 3.63) is 53.7 Å². The lowest BCUT2D eigenvalue weighted by atomic mass is 10.1.